The summed E-state index contributed by atoms with van der Waals surface area (Å²) in [5.41, 5.74) is 0.647. The predicted octanol–water partition coefficient (Wildman–Crippen LogP) is 2.01. The van der Waals surface area contributed by atoms with E-state index in [4.69, 9.17) is 9.47 Å². The number of carbonyl (C=O) groups is 2. The Labute approximate surface area is 116 Å². The molecular formula is C13H17NO4S. The molecule has 0 bridgehead atoms. The van der Waals surface area contributed by atoms with Crippen LogP contribution in [0.15, 0.2) is 21.7 Å². The molecule has 2 aliphatic rings. The molecule has 2 rings (SSSR count). The van der Waals surface area contributed by atoms with Gasteiger partial charge in [0.2, 0.25) is 0 Å². The van der Waals surface area contributed by atoms with Gasteiger partial charge in [0.05, 0.1) is 23.3 Å². The molecule has 19 heavy (non-hydrogen) atoms. The number of fused-ring (bicyclic) bond motifs is 1. The molecule has 5 nitrogen and oxygen atoms in total. The standard InChI is InChI=1S/C13H17NO4S/c1-4-17-13(16)10-7-14-6-5-9(11(14)19-10)12(15)18-8(2)3/h7-8H,4-6H2,1-3H3. The van der Waals surface area contributed by atoms with E-state index in [1.807, 2.05) is 18.7 Å². The van der Waals surface area contributed by atoms with Crippen molar-refractivity contribution >= 4 is 23.7 Å². The molecule has 6 heteroatoms. The minimum absolute atomic E-state index is 0.140. The maximum atomic E-state index is 11.9. The number of esters is 2. The van der Waals surface area contributed by atoms with Crippen LogP contribution >= 0.6 is 11.8 Å². The highest BCUT2D eigenvalue weighted by atomic mass is 32.2. The van der Waals surface area contributed by atoms with Gasteiger partial charge in [-0.25, -0.2) is 9.59 Å². The lowest BCUT2D eigenvalue weighted by atomic mass is 10.2. The van der Waals surface area contributed by atoms with Crippen molar-refractivity contribution in [2.75, 3.05) is 13.2 Å². The smallest absolute Gasteiger partial charge is 0.346 e. The van der Waals surface area contributed by atoms with Crippen molar-refractivity contribution in [2.24, 2.45) is 0 Å². The summed E-state index contributed by atoms with van der Waals surface area (Å²) in [7, 11) is 0. The average Bonchev–Trinajstić information content (AvgIpc) is 2.86. The molecule has 0 saturated heterocycles. The summed E-state index contributed by atoms with van der Waals surface area (Å²) in [5, 5.41) is 0.800. The molecule has 0 amide bonds. The molecule has 0 N–H and O–H groups in total. The van der Waals surface area contributed by atoms with Crippen LogP contribution in [0, 0.1) is 0 Å². The van der Waals surface area contributed by atoms with Gasteiger partial charge >= 0.3 is 11.9 Å². The maximum absolute atomic E-state index is 11.9. The molecule has 104 valence electrons. The van der Waals surface area contributed by atoms with Crippen LogP contribution in [0.1, 0.15) is 27.2 Å². The first-order valence-electron chi connectivity index (χ1n) is 6.30. The average molecular weight is 283 g/mol. The summed E-state index contributed by atoms with van der Waals surface area (Å²) in [5.74, 6) is -0.635. The predicted molar refractivity (Wildman–Crippen MR) is 71.9 cm³/mol. The van der Waals surface area contributed by atoms with Crippen LogP contribution in [-0.4, -0.2) is 36.1 Å². The molecule has 0 radical (unpaired) electrons. The molecule has 0 aromatic carbocycles. The first kappa shape index (κ1) is 14.0. The maximum Gasteiger partial charge on any atom is 0.346 e. The third-order valence-corrected chi connectivity index (χ3v) is 3.83. The van der Waals surface area contributed by atoms with Crippen molar-refractivity contribution in [1.82, 2.24) is 4.90 Å². The fraction of sp³-hybridized carbons (Fsp3) is 0.538. The number of rotatable bonds is 4. The Kier molecular flexibility index (Phi) is 4.19. The zero-order chi connectivity index (χ0) is 14.0. The largest absolute Gasteiger partial charge is 0.462 e. The Morgan fingerprint density at radius 3 is 2.79 bits per heavy atom. The third kappa shape index (κ3) is 2.94. The molecule has 0 fully saturated rings. The number of hydrogen-bond donors (Lipinski definition) is 0. The number of carbonyl (C=O) groups excluding carboxylic acids is 2. The van der Waals surface area contributed by atoms with E-state index in [1.54, 1.807) is 13.1 Å². The van der Waals surface area contributed by atoms with E-state index in [0.717, 1.165) is 5.03 Å². The minimum atomic E-state index is -0.342. The SMILES string of the molecule is CCOC(=O)C1=CN2CCC(C(=O)OC(C)C)=C2S1. The van der Waals surface area contributed by atoms with Gasteiger partial charge in [0.15, 0.2) is 0 Å². The fourth-order valence-electron chi connectivity index (χ4n) is 1.90. The zero-order valence-corrected chi connectivity index (χ0v) is 12.1. The molecule has 0 saturated carbocycles. The highest BCUT2D eigenvalue weighted by Crippen LogP contribution is 2.43. The van der Waals surface area contributed by atoms with Crippen LogP contribution in [0.3, 0.4) is 0 Å². The van der Waals surface area contributed by atoms with Gasteiger partial charge in [-0.2, -0.15) is 0 Å². The minimum Gasteiger partial charge on any atom is -0.462 e. The van der Waals surface area contributed by atoms with E-state index in [9.17, 15) is 9.59 Å². The van der Waals surface area contributed by atoms with Gasteiger partial charge < -0.3 is 14.4 Å². The molecule has 0 aliphatic carbocycles. The van der Waals surface area contributed by atoms with Gasteiger partial charge in [0.1, 0.15) is 4.91 Å². The third-order valence-electron chi connectivity index (χ3n) is 2.67. The van der Waals surface area contributed by atoms with Gasteiger partial charge in [-0.1, -0.05) is 11.8 Å². The molecule has 0 spiro atoms. The zero-order valence-electron chi connectivity index (χ0n) is 11.3. The second kappa shape index (κ2) is 5.69. The molecular weight excluding hydrogens is 266 g/mol. The van der Waals surface area contributed by atoms with Crippen molar-refractivity contribution in [3.05, 3.63) is 21.7 Å². The van der Waals surface area contributed by atoms with Gasteiger partial charge in [0.25, 0.3) is 0 Å². The van der Waals surface area contributed by atoms with Gasteiger partial charge in [-0.05, 0) is 20.8 Å². The van der Waals surface area contributed by atoms with Crippen molar-refractivity contribution in [1.29, 1.82) is 0 Å². The topological polar surface area (TPSA) is 55.8 Å². The summed E-state index contributed by atoms with van der Waals surface area (Å²) >= 11 is 1.28. The fourth-order valence-corrected chi connectivity index (χ4v) is 3.00. The van der Waals surface area contributed by atoms with Crippen LogP contribution in [-0.2, 0) is 19.1 Å². The Balaban J connectivity index is 2.10. The van der Waals surface area contributed by atoms with E-state index in [1.165, 1.54) is 11.8 Å². The monoisotopic (exact) mass is 283 g/mol. The van der Waals surface area contributed by atoms with E-state index in [-0.39, 0.29) is 18.0 Å². The molecule has 0 unspecified atom stereocenters. The van der Waals surface area contributed by atoms with Crippen LogP contribution in [0.5, 0.6) is 0 Å². The summed E-state index contributed by atoms with van der Waals surface area (Å²) in [6.07, 6.45) is 2.26. The molecule has 2 heterocycles. The molecule has 2 aliphatic heterocycles. The van der Waals surface area contributed by atoms with Crippen molar-refractivity contribution in [3.8, 4) is 0 Å². The quantitative estimate of drug-likeness (QED) is 0.736. The van der Waals surface area contributed by atoms with Gasteiger partial charge in [0, 0.05) is 19.2 Å². The van der Waals surface area contributed by atoms with Crippen molar-refractivity contribution in [3.63, 3.8) is 0 Å². The number of hydrogen-bond acceptors (Lipinski definition) is 6. The lowest BCUT2D eigenvalue weighted by Crippen LogP contribution is -2.13. The summed E-state index contributed by atoms with van der Waals surface area (Å²) < 4.78 is 10.2. The lowest BCUT2D eigenvalue weighted by Gasteiger charge is -2.10. The van der Waals surface area contributed by atoms with E-state index in [2.05, 4.69) is 0 Å². The summed E-state index contributed by atoms with van der Waals surface area (Å²) in [4.78, 5) is 26.0. The van der Waals surface area contributed by atoms with Crippen LogP contribution in [0.25, 0.3) is 0 Å². The van der Waals surface area contributed by atoms with Gasteiger partial charge in [-0.3, -0.25) is 0 Å². The second-order valence-electron chi connectivity index (χ2n) is 4.50. The second-order valence-corrected chi connectivity index (χ2v) is 5.53. The highest BCUT2D eigenvalue weighted by Gasteiger charge is 2.35. The van der Waals surface area contributed by atoms with Crippen LogP contribution < -0.4 is 0 Å². The van der Waals surface area contributed by atoms with Gasteiger partial charge in [-0.15, -0.1) is 0 Å². The summed E-state index contributed by atoms with van der Waals surface area (Å²) in [6.45, 7) is 6.45. The van der Waals surface area contributed by atoms with Crippen LogP contribution in [0.4, 0.5) is 0 Å². The Morgan fingerprint density at radius 1 is 1.42 bits per heavy atom. The molecule has 0 aromatic heterocycles. The van der Waals surface area contributed by atoms with Crippen molar-refractivity contribution < 1.29 is 19.1 Å². The Morgan fingerprint density at radius 2 is 2.16 bits per heavy atom. The number of nitrogens with zero attached hydrogens (tertiary/aromatic N) is 1. The molecule has 0 aromatic rings. The Bertz CT molecular complexity index is 467. The first-order valence-corrected chi connectivity index (χ1v) is 7.12. The van der Waals surface area contributed by atoms with E-state index < -0.39 is 0 Å². The normalized spacial score (nSPS) is 17.7. The lowest BCUT2D eigenvalue weighted by molar-refractivity contribution is -0.142. The Hall–Kier alpha value is -1.43. The van der Waals surface area contributed by atoms with Crippen molar-refractivity contribution in [2.45, 2.75) is 33.3 Å². The van der Waals surface area contributed by atoms with Crippen LogP contribution in [0.2, 0.25) is 0 Å². The molecule has 0 atom stereocenters. The number of ether oxygens (including phenoxy) is 2. The summed E-state index contributed by atoms with van der Waals surface area (Å²) in [6, 6.07) is 0. The number of thioether (sulfide) groups is 1. The van der Waals surface area contributed by atoms with E-state index >= 15 is 0 Å². The highest BCUT2D eigenvalue weighted by molar-refractivity contribution is 8.07. The van der Waals surface area contributed by atoms with E-state index in [0.29, 0.717) is 30.1 Å². The first-order chi connectivity index (χ1) is 9.02.